The van der Waals surface area contributed by atoms with Crippen molar-refractivity contribution in [3.8, 4) is 0 Å². The number of nitrogens with zero attached hydrogens (tertiary/aromatic N) is 3. The molecule has 5 rings (SSSR count). The molecular formula is C29H25ClN4O5. The van der Waals surface area contributed by atoms with Gasteiger partial charge in [0.05, 0.1) is 16.8 Å². The summed E-state index contributed by atoms with van der Waals surface area (Å²) >= 11 is 6.40. The third-order valence-corrected chi connectivity index (χ3v) is 7.28. The fourth-order valence-electron chi connectivity index (χ4n) is 4.89. The lowest BCUT2D eigenvalue weighted by atomic mass is 9.86. The largest absolute Gasteiger partial charge is 0.454 e. The Labute approximate surface area is 228 Å². The van der Waals surface area contributed by atoms with Gasteiger partial charge in [0.2, 0.25) is 5.78 Å². The third kappa shape index (κ3) is 4.66. The number of rotatable bonds is 5. The van der Waals surface area contributed by atoms with Crippen molar-refractivity contribution in [1.82, 2.24) is 14.1 Å². The number of nitrogen functional groups attached to an aromatic ring is 1. The number of ketones is 1. The Morgan fingerprint density at radius 1 is 1.03 bits per heavy atom. The highest BCUT2D eigenvalue weighted by Crippen LogP contribution is 2.37. The second-order valence-electron chi connectivity index (χ2n) is 9.34. The van der Waals surface area contributed by atoms with Gasteiger partial charge in [0.15, 0.2) is 6.61 Å². The number of carbonyl (C=O) groups is 2. The van der Waals surface area contributed by atoms with E-state index in [1.165, 1.54) is 14.1 Å². The first-order chi connectivity index (χ1) is 18.7. The molecule has 1 aliphatic carbocycles. The number of benzene rings is 2. The van der Waals surface area contributed by atoms with Gasteiger partial charge in [0.25, 0.3) is 5.56 Å². The number of allylic oxidation sites excluding steroid dienone is 1. The molecule has 9 nitrogen and oxygen atoms in total. The number of ether oxygens (including phenoxy) is 1. The monoisotopic (exact) mass is 544 g/mol. The molecule has 39 heavy (non-hydrogen) atoms. The molecule has 0 amide bonds. The maximum absolute atomic E-state index is 13.5. The SMILES string of the molecule is Cn1c(N)c(C(=O)COC(=O)c2c3c(nc4ccccc24)C(=Cc2ccccc2Cl)CCC3)c(=O)n(C)c1=O. The Morgan fingerprint density at radius 2 is 1.74 bits per heavy atom. The molecule has 1 aliphatic rings. The maximum Gasteiger partial charge on any atom is 0.339 e. The molecule has 2 heterocycles. The standard InChI is InChI=1S/C29H25ClN4O5/c1-33-26(31)24(27(36)34(2)29(33)38)22(35)15-39-28(37)23-18-10-4-6-13-21(18)32-25-17(9-7-11-19(23)25)14-16-8-3-5-12-20(16)30/h3-6,8,10,12-14H,7,9,11,15,31H2,1-2H3. The molecule has 2 aromatic heterocycles. The van der Waals surface area contributed by atoms with Gasteiger partial charge in [-0.2, -0.15) is 0 Å². The molecule has 0 fully saturated rings. The number of nitrogens with two attached hydrogens (primary N) is 1. The maximum atomic E-state index is 13.5. The van der Waals surface area contributed by atoms with Crippen LogP contribution in [0.1, 0.15) is 50.4 Å². The van der Waals surface area contributed by atoms with Gasteiger partial charge in [0.1, 0.15) is 11.4 Å². The van der Waals surface area contributed by atoms with Gasteiger partial charge >= 0.3 is 11.7 Å². The zero-order chi connectivity index (χ0) is 27.8. The van der Waals surface area contributed by atoms with Crippen molar-refractivity contribution in [1.29, 1.82) is 0 Å². The third-order valence-electron chi connectivity index (χ3n) is 6.93. The first-order valence-electron chi connectivity index (χ1n) is 12.3. The molecule has 0 unspecified atom stereocenters. The quantitative estimate of drug-likeness (QED) is 0.299. The van der Waals surface area contributed by atoms with E-state index in [1.807, 2.05) is 42.5 Å². The number of aromatic nitrogens is 3. The zero-order valence-electron chi connectivity index (χ0n) is 21.4. The molecule has 0 spiro atoms. The molecule has 0 aliphatic heterocycles. The zero-order valence-corrected chi connectivity index (χ0v) is 22.1. The molecule has 0 radical (unpaired) electrons. The summed E-state index contributed by atoms with van der Waals surface area (Å²) in [5, 5.41) is 1.21. The number of para-hydroxylation sites is 1. The van der Waals surface area contributed by atoms with E-state index in [1.54, 1.807) is 12.1 Å². The first kappa shape index (κ1) is 26.1. The second kappa shape index (κ2) is 10.3. The van der Waals surface area contributed by atoms with E-state index < -0.39 is 35.2 Å². The Kier molecular flexibility index (Phi) is 6.93. The van der Waals surface area contributed by atoms with Crippen molar-refractivity contribution in [2.75, 3.05) is 12.3 Å². The number of esters is 1. The van der Waals surface area contributed by atoms with E-state index in [0.717, 1.165) is 38.7 Å². The van der Waals surface area contributed by atoms with Crippen LogP contribution in [0.3, 0.4) is 0 Å². The molecule has 10 heteroatoms. The number of hydrogen-bond donors (Lipinski definition) is 1. The number of anilines is 1. The second-order valence-corrected chi connectivity index (χ2v) is 9.75. The van der Waals surface area contributed by atoms with Gasteiger partial charge in [-0.05, 0) is 54.2 Å². The number of carbonyl (C=O) groups excluding carboxylic acids is 2. The van der Waals surface area contributed by atoms with Crippen molar-refractivity contribution in [2.24, 2.45) is 14.1 Å². The molecule has 0 bridgehead atoms. The summed E-state index contributed by atoms with van der Waals surface area (Å²) in [5.74, 6) is -1.80. The molecule has 0 saturated carbocycles. The van der Waals surface area contributed by atoms with E-state index in [4.69, 9.17) is 27.1 Å². The Hall–Kier alpha value is -4.50. The predicted molar refractivity (Wildman–Crippen MR) is 150 cm³/mol. The van der Waals surface area contributed by atoms with Gasteiger partial charge in [0, 0.05) is 24.5 Å². The molecule has 0 atom stereocenters. The Morgan fingerprint density at radius 3 is 2.51 bits per heavy atom. The van der Waals surface area contributed by atoms with Gasteiger partial charge < -0.3 is 10.5 Å². The highest BCUT2D eigenvalue weighted by atomic mass is 35.5. The summed E-state index contributed by atoms with van der Waals surface area (Å²) in [6.45, 7) is -0.718. The summed E-state index contributed by atoms with van der Waals surface area (Å²) in [7, 11) is 2.60. The van der Waals surface area contributed by atoms with Gasteiger partial charge in [-0.15, -0.1) is 0 Å². The highest BCUT2D eigenvalue weighted by Gasteiger charge is 2.28. The molecular weight excluding hydrogens is 520 g/mol. The normalized spacial score (nSPS) is 13.9. The minimum Gasteiger partial charge on any atom is -0.454 e. The molecule has 0 saturated heterocycles. The average Bonchev–Trinajstić information content (AvgIpc) is 2.94. The Bertz CT molecular complexity index is 1820. The minimum absolute atomic E-state index is 0.287. The van der Waals surface area contributed by atoms with Crippen LogP contribution >= 0.6 is 11.6 Å². The smallest absolute Gasteiger partial charge is 0.339 e. The van der Waals surface area contributed by atoms with E-state index in [2.05, 4.69) is 0 Å². The summed E-state index contributed by atoms with van der Waals surface area (Å²) in [6.07, 6.45) is 4.12. The van der Waals surface area contributed by atoms with Crippen molar-refractivity contribution >= 4 is 51.7 Å². The summed E-state index contributed by atoms with van der Waals surface area (Å²) in [6, 6.07) is 14.7. The first-order valence-corrected chi connectivity index (χ1v) is 12.7. The van der Waals surface area contributed by atoms with Crippen LogP contribution in [0.2, 0.25) is 5.02 Å². The number of Topliss-reactive ketones (excluding diaryl/α,β-unsaturated/α-hetero) is 1. The van der Waals surface area contributed by atoms with Gasteiger partial charge in [-0.3, -0.25) is 18.7 Å². The summed E-state index contributed by atoms with van der Waals surface area (Å²) in [5.41, 5.74) is 8.12. The fourth-order valence-corrected chi connectivity index (χ4v) is 5.08. The summed E-state index contributed by atoms with van der Waals surface area (Å²) < 4.78 is 7.24. The fraction of sp³-hybridized carbons (Fsp3) is 0.207. The summed E-state index contributed by atoms with van der Waals surface area (Å²) in [4.78, 5) is 56.0. The van der Waals surface area contributed by atoms with E-state index in [9.17, 15) is 19.2 Å². The van der Waals surface area contributed by atoms with Crippen LogP contribution in [-0.2, 0) is 25.3 Å². The highest BCUT2D eigenvalue weighted by molar-refractivity contribution is 6.32. The van der Waals surface area contributed by atoms with E-state index >= 15 is 0 Å². The van der Waals surface area contributed by atoms with Crippen LogP contribution in [0.15, 0.2) is 58.1 Å². The number of halogens is 1. The van der Waals surface area contributed by atoms with E-state index in [0.29, 0.717) is 33.6 Å². The topological polar surface area (TPSA) is 126 Å². The van der Waals surface area contributed by atoms with Gasteiger partial charge in [-0.1, -0.05) is 48.0 Å². The van der Waals surface area contributed by atoms with Crippen molar-refractivity contribution in [2.45, 2.75) is 19.3 Å². The minimum atomic E-state index is -0.849. The van der Waals surface area contributed by atoms with Crippen LogP contribution in [0.4, 0.5) is 5.82 Å². The molecule has 2 N–H and O–H groups in total. The lowest BCUT2D eigenvalue weighted by molar-refractivity contribution is 0.0475. The van der Waals surface area contributed by atoms with Crippen molar-refractivity contribution in [3.63, 3.8) is 0 Å². The predicted octanol–water partition coefficient (Wildman–Crippen LogP) is 3.78. The van der Waals surface area contributed by atoms with Crippen LogP contribution < -0.4 is 17.0 Å². The van der Waals surface area contributed by atoms with E-state index in [-0.39, 0.29) is 5.82 Å². The average molecular weight is 545 g/mol. The molecule has 2 aromatic carbocycles. The number of pyridine rings is 1. The van der Waals surface area contributed by atoms with Crippen LogP contribution in [0, 0.1) is 0 Å². The molecule has 198 valence electrons. The molecule has 4 aromatic rings. The number of hydrogen-bond acceptors (Lipinski definition) is 7. The van der Waals surface area contributed by atoms with Crippen LogP contribution in [0.5, 0.6) is 0 Å². The van der Waals surface area contributed by atoms with Crippen molar-refractivity contribution in [3.05, 3.63) is 102 Å². The van der Waals surface area contributed by atoms with Crippen LogP contribution in [0.25, 0.3) is 22.6 Å². The van der Waals surface area contributed by atoms with Crippen molar-refractivity contribution < 1.29 is 14.3 Å². The Balaban J connectivity index is 1.55. The van der Waals surface area contributed by atoms with Gasteiger partial charge in [-0.25, -0.2) is 14.6 Å². The lowest BCUT2D eigenvalue weighted by Crippen LogP contribution is -2.42. The number of fused-ring (bicyclic) bond motifs is 2. The van der Waals surface area contributed by atoms with Crippen LogP contribution in [-0.4, -0.2) is 32.5 Å². The lowest BCUT2D eigenvalue weighted by Gasteiger charge is -2.22.